The third kappa shape index (κ3) is 10.5. The number of halogens is 1. The molecule has 0 aliphatic heterocycles. The largest absolute Gasteiger partial charge is 0.466 e. The summed E-state index contributed by atoms with van der Waals surface area (Å²) in [5.41, 5.74) is 0. The Morgan fingerprint density at radius 3 is 2.38 bits per heavy atom. The van der Waals surface area contributed by atoms with Crippen molar-refractivity contribution in [2.75, 3.05) is 6.61 Å². The summed E-state index contributed by atoms with van der Waals surface area (Å²) in [6.07, 6.45) is 8.82. The molecule has 0 rings (SSSR count). The van der Waals surface area contributed by atoms with Gasteiger partial charge in [-0.15, -0.1) is 0 Å². The van der Waals surface area contributed by atoms with Gasteiger partial charge in [0.1, 0.15) is 0 Å². The molecule has 0 heterocycles. The molecule has 0 radical (unpaired) electrons. The van der Waals surface area contributed by atoms with Crippen LogP contribution in [0.3, 0.4) is 0 Å². The van der Waals surface area contributed by atoms with Crippen LogP contribution in [0.2, 0.25) is 0 Å². The summed E-state index contributed by atoms with van der Waals surface area (Å²) in [5.74, 6) is -0.0720. The molecule has 1 unspecified atom stereocenters. The van der Waals surface area contributed by atoms with Gasteiger partial charge in [0.05, 0.1) is 13.0 Å². The van der Waals surface area contributed by atoms with Crippen molar-refractivity contribution in [1.29, 1.82) is 0 Å². The monoisotopic (exact) mass is 292 g/mol. The second kappa shape index (κ2) is 11.4. The lowest BCUT2D eigenvalue weighted by Gasteiger charge is -2.07. The second-order valence-corrected chi connectivity index (χ2v) is 5.49. The number of rotatable bonds is 10. The predicted molar refractivity (Wildman–Crippen MR) is 72.0 cm³/mol. The van der Waals surface area contributed by atoms with Crippen LogP contribution in [-0.2, 0) is 9.53 Å². The highest BCUT2D eigenvalue weighted by Crippen LogP contribution is 2.10. The lowest BCUT2D eigenvalue weighted by molar-refractivity contribution is -0.143. The maximum Gasteiger partial charge on any atom is 0.306 e. The molecule has 96 valence electrons. The highest BCUT2D eigenvalue weighted by molar-refractivity contribution is 9.09. The van der Waals surface area contributed by atoms with Crippen molar-refractivity contribution in [2.45, 2.75) is 70.0 Å². The topological polar surface area (TPSA) is 26.3 Å². The molecule has 0 saturated carbocycles. The van der Waals surface area contributed by atoms with Crippen LogP contribution in [0.4, 0.5) is 0 Å². The number of unbranched alkanes of at least 4 members (excludes halogenated alkanes) is 5. The lowest BCUT2D eigenvalue weighted by Crippen LogP contribution is -2.11. The zero-order valence-electron chi connectivity index (χ0n) is 10.6. The van der Waals surface area contributed by atoms with Gasteiger partial charge in [-0.3, -0.25) is 4.79 Å². The van der Waals surface area contributed by atoms with E-state index in [9.17, 15) is 4.79 Å². The van der Waals surface area contributed by atoms with Crippen LogP contribution in [0.1, 0.15) is 65.2 Å². The third-order valence-corrected chi connectivity index (χ3v) is 3.56. The Labute approximate surface area is 108 Å². The number of hydrogen-bond donors (Lipinski definition) is 0. The van der Waals surface area contributed by atoms with Gasteiger partial charge in [0.15, 0.2) is 0 Å². The number of carbonyl (C=O) groups excluding carboxylic acids is 1. The molecule has 0 aromatic carbocycles. The van der Waals surface area contributed by atoms with Crippen molar-refractivity contribution in [2.24, 2.45) is 0 Å². The number of carbonyl (C=O) groups is 1. The fourth-order valence-electron chi connectivity index (χ4n) is 1.45. The van der Waals surface area contributed by atoms with E-state index in [1.165, 1.54) is 32.1 Å². The Balaban J connectivity index is 3.21. The fraction of sp³-hybridized carbons (Fsp3) is 0.923. The Morgan fingerprint density at radius 2 is 1.75 bits per heavy atom. The molecule has 3 heteroatoms. The average molecular weight is 293 g/mol. The van der Waals surface area contributed by atoms with E-state index < -0.39 is 0 Å². The molecule has 2 nitrogen and oxygen atoms in total. The minimum atomic E-state index is -0.0720. The van der Waals surface area contributed by atoms with E-state index in [0.717, 1.165) is 12.8 Å². The lowest BCUT2D eigenvalue weighted by atomic mass is 10.1. The minimum Gasteiger partial charge on any atom is -0.466 e. The summed E-state index contributed by atoms with van der Waals surface area (Å²) >= 11 is 3.43. The van der Waals surface area contributed by atoms with Crippen LogP contribution in [0, 0.1) is 0 Å². The van der Waals surface area contributed by atoms with Gasteiger partial charge in [-0.05, 0) is 12.8 Å². The maximum absolute atomic E-state index is 11.3. The van der Waals surface area contributed by atoms with Gasteiger partial charge >= 0.3 is 5.97 Å². The van der Waals surface area contributed by atoms with E-state index in [4.69, 9.17) is 4.74 Å². The smallest absolute Gasteiger partial charge is 0.306 e. The first-order valence-corrected chi connectivity index (χ1v) is 7.42. The van der Waals surface area contributed by atoms with Crippen molar-refractivity contribution >= 4 is 21.9 Å². The molecular formula is C13H25BrO2. The van der Waals surface area contributed by atoms with Gasteiger partial charge in [0, 0.05) is 4.83 Å². The van der Waals surface area contributed by atoms with Gasteiger partial charge in [0.25, 0.3) is 0 Å². The van der Waals surface area contributed by atoms with Crippen LogP contribution < -0.4 is 0 Å². The molecule has 0 N–H and O–H groups in total. The van der Waals surface area contributed by atoms with Gasteiger partial charge in [0.2, 0.25) is 0 Å². The van der Waals surface area contributed by atoms with Crippen LogP contribution in [0.15, 0.2) is 0 Å². The normalized spacial score (nSPS) is 12.4. The maximum atomic E-state index is 11.3. The molecule has 0 aromatic rings. The predicted octanol–water partition coefficient (Wildman–Crippen LogP) is 4.45. The third-order valence-electron chi connectivity index (χ3n) is 2.59. The standard InChI is InChI=1S/C13H25BrO2/c1-3-5-6-7-8-9-10-16-13(15)11-12(14)4-2/h12H,3-11H2,1-2H3. The summed E-state index contributed by atoms with van der Waals surface area (Å²) in [4.78, 5) is 11.6. The molecule has 0 saturated heterocycles. The quantitative estimate of drug-likeness (QED) is 0.338. The SMILES string of the molecule is CCCCCCCCOC(=O)CC(Br)CC. The molecule has 0 aliphatic carbocycles. The summed E-state index contributed by atoms with van der Waals surface area (Å²) in [7, 11) is 0. The molecule has 0 spiro atoms. The number of esters is 1. The Bertz CT molecular complexity index is 171. The zero-order valence-corrected chi connectivity index (χ0v) is 12.2. The van der Waals surface area contributed by atoms with Crippen LogP contribution in [0.5, 0.6) is 0 Å². The minimum absolute atomic E-state index is 0.0720. The number of hydrogen-bond acceptors (Lipinski definition) is 2. The summed E-state index contributed by atoms with van der Waals surface area (Å²) < 4.78 is 5.15. The van der Waals surface area contributed by atoms with Crippen molar-refractivity contribution < 1.29 is 9.53 Å². The Kier molecular flexibility index (Phi) is 11.4. The van der Waals surface area contributed by atoms with Gasteiger partial charge in [-0.1, -0.05) is 61.9 Å². The van der Waals surface area contributed by atoms with Crippen molar-refractivity contribution in [3.63, 3.8) is 0 Å². The summed E-state index contributed by atoms with van der Waals surface area (Å²) in [6, 6.07) is 0. The van der Waals surface area contributed by atoms with E-state index in [-0.39, 0.29) is 10.8 Å². The first-order chi connectivity index (χ1) is 7.70. The fourth-order valence-corrected chi connectivity index (χ4v) is 1.72. The van der Waals surface area contributed by atoms with Crippen molar-refractivity contribution in [1.82, 2.24) is 0 Å². The van der Waals surface area contributed by atoms with Crippen LogP contribution >= 0.6 is 15.9 Å². The van der Waals surface area contributed by atoms with Crippen LogP contribution in [0.25, 0.3) is 0 Å². The molecule has 0 aromatic heterocycles. The molecular weight excluding hydrogens is 268 g/mol. The highest BCUT2D eigenvalue weighted by Gasteiger charge is 2.09. The van der Waals surface area contributed by atoms with E-state index in [1.54, 1.807) is 0 Å². The first kappa shape index (κ1) is 16.0. The molecule has 0 bridgehead atoms. The molecule has 0 fully saturated rings. The zero-order chi connectivity index (χ0) is 12.2. The molecule has 0 amide bonds. The molecule has 0 aliphatic rings. The van der Waals surface area contributed by atoms with Crippen molar-refractivity contribution in [3.8, 4) is 0 Å². The van der Waals surface area contributed by atoms with Crippen LogP contribution in [-0.4, -0.2) is 17.4 Å². The first-order valence-electron chi connectivity index (χ1n) is 6.50. The van der Waals surface area contributed by atoms with Gasteiger partial charge < -0.3 is 4.74 Å². The Hall–Kier alpha value is -0.0500. The second-order valence-electron chi connectivity index (χ2n) is 4.20. The molecule has 16 heavy (non-hydrogen) atoms. The average Bonchev–Trinajstić information content (AvgIpc) is 2.27. The van der Waals surface area contributed by atoms with E-state index in [0.29, 0.717) is 13.0 Å². The Morgan fingerprint density at radius 1 is 1.12 bits per heavy atom. The van der Waals surface area contributed by atoms with E-state index in [1.807, 2.05) is 0 Å². The summed E-state index contributed by atoms with van der Waals surface area (Å²) in [6.45, 7) is 4.86. The number of alkyl halides is 1. The molecule has 1 atom stereocenters. The highest BCUT2D eigenvalue weighted by atomic mass is 79.9. The van der Waals surface area contributed by atoms with Gasteiger partial charge in [-0.25, -0.2) is 0 Å². The van der Waals surface area contributed by atoms with E-state index in [2.05, 4.69) is 29.8 Å². The number of ether oxygens (including phenoxy) is 1. The van der Waals surface area contributed by atoms with Crippen molar-refractivity contribution in [3.05, 3.63) is 0 Å². The summed E-state index contributed by atoms with van der Waals surface area (Å²) in [5, 5.41) is 0. The van der Waals surface area contributed by atoms with E-state index >= 15 is 0 Å². The van der Waals surface area contributed by atoms with Gasteiger partial charge in [-0.2, -0.15) is 0 Å².